The first kappa shape index (κ1) is 10.6. The van der Waals surface area contributed by atoms with Gasteiger partial charge in [-0.25, -0.2) is 8.42 Å². The summed E-state index contributed by atoms with van der Waals surface area (Å²) in [7, 11) is -2.74. The van der Waals surface area contributed by atoms with Crippen molar-refractivity contribution in [2.24, 2.45) is 5.92 Å². The number of hydrogen-bond donors (Lipinski definition) is 1. The molecule has 13 heavy (non-hydrogen) atoms. The molecule has 2 unspecified atom stereocenters. The van der Waals surface area contributed by atoms with Crippen molar-refractivity contribution in [1.29, 1.82) is 0 Å². The lowest BCUT2D eigenvalue weighted by Gasteiger charge is -2.11. The number of terminal acetylenes is 1. The fourth-order valence-corrected chi connectivity index (χ4v) is 3.30. The molecule has 3 nitrogen and oxygen atoms in total. The van der Waals surface area contributed by atoms with Crippen LogP contribution in [0, 0.1) is 18.3 Å². The first-order chi connectivity index (χ1) is 6.03. The zero-order valence-corrected chi connectivity index (χ0v) is 8.60. The van der Waals surface area contributed by atoms with Crippen LogP contribution >= 0.6 is 0 Å². The smallest absolute Gasteiger partial charge is 0.150 e. The van der Waals surface area contributed by atoms with Crippen molar-refractivity contribution in [3.8, 4) is 12.3 Å². The van der Waals surface area contributed by atoms with Gasteiger partial charge in [-0.05, 0) is 19.3 Å². The lowest BCUT2D eigenvalue weighted by Crippen LogP contribution is -2.30. The van der Waals surface area contributed by atoms with Crippen molar-refractivity contribution in [2.75, 3.05) is 18.1 Å². The maximum atomic E-state index is 11.1. The lowest BCUT2D eigenvalue weighted by molar-refractivity contribution is 0.507. The van der Waals surface area contributed by atoms with Gasteiger partial charge < -0.3 is 5.32 Å². The van der Waals surface area contributed by atoms with Crippen LogP contribution < -0.4 is 5.32 Å². The van der Waals surface area contributed by atoms with Gasteiger partial charge in [-0.15, -0.1) is 6.42 Å². The molecule has 0 aromatic heterocycles. The molecular weight excluding hydrogens is 186 g/mol. The summed E-state index contributed by atoms with van der Waals surface area (Å²) in [6.45, 7) is 2.61. The van der Waals surface area contributed by atoms with E-state index in [1.807, 2.05) is 6.92 Å². The Hall–Kier alpha value is -0.530. The molecule has 1 N–H and O–H groups in total. The van der Waals surface area contributed by atoms with E-state index in [0.29, 0.717) is 18.1 Å². The van der Waals surface area contributed by atoms with Gasteiger partial charge >= 0.3 is 0 Å². The SMILES string of the molecule is C#CC(C)NCC1CCS(=O)(=O)C1. The molecule has 0 aliphatic carbocycles. The van der Waals surface area contributed by atoms with E-state index in [1.54, 1.807) is 0 Å². The Bertz CT molecular complexity index is 302. The van der Waals surface area contributed by atoms with E-state index in [9.17, 15) is 8.42 Å². The predicted molar refractivity (Wildman–Crippen MR) is 53.1 cm³/mol. The van der Waals surface area contributed by atoms with Crippen molar-refractivity contribution in [1.82, 2.24) is 5.32 Å². The van der Waals surface area contributed by atoms with Crippen LogP contribution in [0.2, 0.25) is 0 Å². The van der Waals surface area contributed by atoms with Gasteiger partial charge in [0, 0.05) is 6.54 Å². The van der Waals surface area contributed by atoms with E-state index in [1.165, 1.54) is 0 Å². The molecule has 1 fully saturated rings. The summed E-state index contributed by atoms with van der Waals surface area (Å²) in [6.07, 6.45) is 5.95. The summed E-state index contributed by atoms with van der Waals surface area (Å²) in [6, 6.07) is 0.0308. The summed E-state index contributed by atoms with van der Waals surface area (Å²) < 4.78 is 22.2. The van der Waals surface area contributed by atoms with E-state index < -0.39 is 9.84 Å². The van der Waals surface area contributed by atoms with Gasteiger partial charge in [-0.2, -0.15) is 0 Å². The molecule has 0 saturated carbocycles. The zero-order chi connectivity index (χ0) is 9.90. The minimum absolute atomic E-state index is 0.0308. The Morgan fingerprint density at radius 2 is 2.38 bits per heavy atom. The quantitative estimate of drug-likeness (QED) is 0.655. The summed E-state index contributed by atoms with van der Waals surface area (Å²) in [4.78, 5) is 0. The summed E-state index contributed by atoms with van der Waals surface area (Å²) in [5.41, 5.74) is 0. The Labute approximate surface area is 79.8 Å². The molecule has 0 aromatic carbocycles. The van der Waals surface area contributed by atoms with Crippen molar-refractivity contribution < 1.29 is 8.42 Å². The Morgan fingerprint density at radius 3 is 2.85 bits per heavy atom. The van der Waals surface area contributed by atoms with E-state index in [-0.39, 0.29) is 12.0 Å². The zero-order valence-electron chi connectivity index (χ0n) is 7.79. The predicted octanol–water partition coefficient (Wildman–Crippen LogP) is 0.0324. The number of nitrogens with one attached hydrogen (secondary N) is 1. The third-order valence-corrected chi connectivity index (χ3v) is 4.13. The normalized spacial score (nSPS) is 28.2. The Morgan fingerprint density at radius 1 is 1.69 bits per heavy atom. The second kappa shape index (κ2) is 4.12. The average molecular weight is 201 g/mol. The number of rotatable bonds is 3. The topological polar surface area (TPSA) is 46.2 Å². The molecule has 0 aromatic rings. The molecule has 1 aliphatic heterocycles. The molecule has 74 valence electrons. The van der Waals surface area contributed by atoms with E-state index in [4.69, 9.17) is 6.42 Å². The molecule has 0 bridgehead atoms. The van der Waals surface area contributed by atoms with E-state index in [2.05, 4.69) is 11.2 Å². The molecule has 1 aliphatic rings. The Kier molecular flexibility index (Phi) is 3.34. The van der Waals surface area contributed by atoms with Crippen LogP contribution in [0.15, 0.2) is 0 Å². The molecule has 4 heteroatoms. The van der Waals surface area contributed by atoms with E-state index >= 15 is 0 Å². The molecule has 1 saturated heterocycles. The largest absolute Gasteiger partial charge is 0.304 e. The highest BCUT2D eigenvalue weighted by Crippen LogP contribution is 2.17. The van der Waals surface area contributed by atoms with Gasteiger partial charge in [0.25, 0.3) is 0 Å². The summed E-state index contributed by atoms with van der Waals surface area (Å²) >= 11 is 0. The molecule has 1 heterocycles. The van der Waals surface area contributed by atoms with Gasteiger partial charge in [-0.3, -0.25) is 0 Å². The molecule has 2 atom stereocenters. The van der Waals surface area contributed by atoms with Crippen LogP contribution in [0.5, 0.6) is 0 Å². The van der Waals surface area contributed by atoms with Crippen molar-refractivity contribution >= 4 is 9.84 Å². The lowest BCUT2D eigenvalue weighted by atomic mass is 10.1. The van der Waals surface area contributed by atoms with Crippen LogP contribution in [-0.2, 0) is 9.84 Å². The van der Waals surface area contributed by atoms with E-state index in [0.717, 1.165) is 6.42 Å². The van der Waals surface area contributed by atoms with Crippen molar-refractivity contribution in [2.45, 2.75) is 19.4 Å². The highest BCUT2D eigenvalue weighted by Gasteiger charge is 2.27. The molecule has 0 spiro atoms. The Balaban J connectivity index is 2.30. The monoisotopic (exact) mass is 201 g/mol. The van der Waals surface area contributed by atoms with Gasteiger partial charge in [0.1, 0.15) is 0 Å². The highest BCUT2D eigenvalue weighted by molar-refractivity contribution is 7.91. The van der Waals surface area contributed by atoms with Crippen molar-refractivity contribution in [3.63, 3.8) is 0 Å². The molecular formula is C9H15NO2S. The second-order valence-corrected chi connectivity index (χ2v) is 5.79. The fourth-order valence-electron chi connectivity index (χ4n) is 1.44. The van der Waals surface area contributed by atoms with Crippen LogP contribution in [0.25, 0.3) is 0 Å². The minimum atomic E-state index is -2.74. The summed E-state index contributed by atoms with van der Waals surface area (Å²) in [5.74, 6) is 3.45. The second-order valence-electron chi connectivity index (χ2n) is 3.57. The summed E-state index contributed by atoms with van der Waals surface area (Å²) in [5, 5.41) is 3.11. The maximum absolute atomic E-state index is 11.1. The number of hydrogen-bond acceptors (Lipinski definition) is 3. The van der Waals surface area contributed by atoms with Gasteiger partial charge in [0.15, 0.2) is 9.84 Å². The van der Waals surface area contributed by atoms with Gasteiger partial charge in [-0.1, -0.05) is 5.92 Å². The standard InChI is InChI=1S/C9H15NO2S/c1-3-8(2)10-6-9-4-5-13(11,12)7-9/h1,8-10H,4-7H2,2H3. The fraction of sp³-hybridized carbons (Fsp3) is 0.778. The molecule has 0 radical (unpaired) electrons. The average Bonchev–Trinajstić information content (AvgIpc) is 2.41. The third-order valence-electron chi connectivity index (χ3n) is 2.29. The van der Waals surface area contributed by atoms with Gasteiger partial charge in [0.05, 0.1) is 17.5 Å². The van der Waals surface area contributed by atoms with Crippen molar-refractivity contribution in [3.05, 3.63) is 0 Å². The number of sulfone groups is 1. The van der Waals surface area contributed by atoms with Crippen LogP contribution in [-0.4, -0.2) is 32.5 Å². The van der Waals surface area contributed by atoms with Crippen LogP contribution in [0.3, 0.4) is 0 Å². The first-order valence-corrected chi connectivity index (χ1v) is 6.25. The van der Waals surface area contributed by atoms with Crippen LogP contribution in [0.1, 0.15) is 13.3 Å². The maximum Gasteiger partial charge on any atom is 0.150 e. The van der Waals surface area contributed by atoms with Crippen LogP contribution in [0.4, 0.5) is 0 Å². The third kappa shape index (κ3) is 3.37. The first-order valence-electron chi connectivity index (χ1n) is 4.43. The molecule has 0 amide bonds. The highest BCUT2D eigenvalue weighted by atomic mass is 32.2. The minimum Gasteiger partial charge on any atom is -0.304 e. The van der Waals surface area contributed by atoms with Gasteiger partial charge in [0.2, 0.25) is 0 Å². The molecule has 1 rings (SSSR count).